The van der Waals surface area contributed by atoms with Crippen LogP contribution in [-0.2, 0) is 6.54 Å². The molecule has 1 aliphatic rings. The molecule has 1 aromatic carbocycles. The van der Waals surface area contributed by atoms with Crippen LogP contribution >= 0.6 is 0 Å². The Kier molecular flexibility index (Phi) is 6.04. The zero-order valence-electron chi connectivity index (χ0n) is 15.4. The molecule has 0 spiro atoms. The Morgan fingerprint density at radius 3 is 2.81 bits per heavy atom. The number of benzene rings is 1. The fourth-order valence-corrected chi connectivity index (χ4v) is 3.41. The Hall–Kier alpha value is -2.63. The van der Waals surface area contributed by atoms with Crippen LogP contribution in [0, 0.1) is 0 Å². The Bertz CT molecular complexity index is 733. The zero-order valence-corrected chi connectivity index (χ0v) is 15.4. The summed E-state index contributed by atoms with van der Waals surface area (Å²) < 4.78 is 5.35. The number of piperidine rings is 1. The van der Waals surface area contributed by atoms with E-state index >= 15 is 0 Å². The smallest absolute Gasteiger partial charge is 0.274 e. The highest BCUT2D eigenvalue weighted by Crippen LogP contribution is 2.22. The first-order valence-corrected chi connectivity index (χ1v) is 9.23. The van der Waals surface area contributed by atoms with Crippen LogP contribution < -0.4 is 10.1 Å². The number of carbonyl (C=O) groups is 1. The maximum absolute atomic E-state index is 12.7. The number of ether oxygens (including phenoxy) is 1. The van der Waals surface area contributed by atoms with Gasteiger partial charge in [-0.1, -0.05) is 25.1 Å². The molecule has 138 valence electrons. The van der Waals surface area contributed by atoms with Gasteiger partial charge in [-0.2, -0.15) is 0 Å². The molecule has 1 amide bonds. The molecule has 0 radical (unpaired) electrons. The molecular formula is C20H26N4O2. The van der Waals surface area contributed by atoms with E-state index in [9.17, 15) is 4.79 Å². The van der Waals surface area contributed by atoms with Crippen molar-refractivity contribution in [1.82, 2.24) is 15.1 Å². The molecule has 1 fully saturated rings. The number of nitrogens with zero attached hydrogens (tertiary/aromatic N) is 3. The molecule has 1 saturated heterocycles. The molecular weight excluding hydrogens is 328 g/mol. The summed E-state index contributed by atoms with van der Waals surface area (Å²) in [5.74, 6) is 1.45. The third-order valence-electron chi connectivity index (χ3n) is 4.90. The van der Waals surface area contributed by atoms with E-state index in [1.165, 1.54) is 6.42 Å². The molecule has 6 heteroatoms. The minimum absolute atomic E-state index is 0.0136. The van der Waals surface area contributed by atoms with E-state index in [2.05, 4.69) is 22.4 Å². The van der Waals surface area contributed by atoms with Crippen LogP contribution in [0.5, 0.6) is 5.75 Å². The lowest BCUT2D eigenvalue weighted by Gasteiger charge is -2.34. The predicted molar refractivity (Wildman–Crippen MR) is 101 cm³/mol. The number of aromatic nitrogens is 2. The van der Waals surface area contributed by atoms with E-state index in [-0.39, 0.29) is 5.91 Å². The average molecular weight is 354 g/mol. The summed E-state index contributed by atoms with van der Waals surface area (Å²) in [6.07, 6.45) is 4.32. The number of hydrogen-bond acceptors (Lipinski definition) is 5. The van der Waals surface area contributed by atoms with E-state index < -0.39 is 0 Å². The van der Waals surface area contributed by atoms with Crippen LogP contribution in [0.2, 0.25) is 0 Å². The lowest BCUT2D eigenvalue weighted by molar-refractivity contribution is 0.0601. The molecule has 1 N–H and O–H groups in total. The number of carbonyl (C=O) groups excluding carboxylic acids is 1. The maximum atomic E-state index is 12.7. The van der Waals surface area contributed by atoms with Crippen molar-refractivity contribution in [3.8, 4) is 5.75 Å². The molecule has 2 heterocycles. The first-order chi connectivity index (χ1) is 12.7. The summed E-state index contributed by atoms with van der Waals surface area (Å²) in [7, 11) is 1.66. The van der Waals surface area contributed by atoms with Gasteiger partial charge in [-0.15, -0.1) is 10.2 Å². The van der Waals surface area contributed by atoms with Crippen LogP contribution in [0.25, 0.3) is 0 Å². The molecule has 0 bridgehead atoms. The van der Waals surface area contributed by atoms with Gasteiger partial charge >= 0.3 is 0 Å². The first-order valence-electron chi connectivity index (χ1n) is 9.23. The Morgan fingerprint density at radius 2 is 2.08 bits per heavy atom. The number of nitrogens with one attached hydrogen (secondary N) is 1. The second-order valence-corrected chi connectivity index (χ2v) is 6.53. The van der Waals surface area contributed by atoms with E-state index in [1.807, 2.05) is 29.2 Å². The first kappa shape index (κ1) is 18.2. The predicted octanol–water partition coefficient (Wildman–Crippen LogP) is 3.50. The molecule has 1 atom stereocenters. The molecule has 26 heavy (non-hydrogen) atoms. The van der Waals surface area contributed by atoms with Crippen LogP contribution in [0.4, 0.5) is 5.82 Å². The standard InChI is InChI=1S/C20H26N4O2/c1-3-16-9-6-7-13-24(16)20(25)17-11-12-19(23-22-17)21-14-15-8-4-5-10-18(15)26-2/h4-5,8,10-12,16H,3,6-7,9,13-14H2,1-2H3,(H,21,23). The van der Waals surface area contributed by atoms with Crippen LogP contribution in [-0.4, -0.2) is 40.7 Å². The highest BCUT2D eigenvalue weighted by atomic mass is 16.5. The van der Waals surface area contributed by atoms with Gasteiger partial charge in [-0.25, -0.2) is 0 Å². The van der Waals surface area contributed by atoms with Gasteiger partial charge < -0.3 is 15.0 Å². The minimum Gasteiger partial charge on any atom is -0.496 e. The molecule has 6 nitrogen and oxygen atoms in total. The molecule has 0 aliphatic carbocycles. The lowest BCUT2D eigenvalue weighted by atomic mass is 9.99. The monoisotopic (exact) mass is 354 g/mol. The summed E-state index contributed by atoms with van der Waals surface area (Å²) >= 11 is 0. The van der Waals surface area contributed by atoms with Crippen LogP contribution in [0.3, 0.4) is 0 Å². The van der Waals surface area contributed by atoms with Gasteiger partial charge in [-0.05, 0) is 43.9 Å². The van der Waals surface area contributed by atoms with Crippen molar-refractivity contribution in [3.63, 3.8) is 0 Å². The highest BCUT2D eigenvalue weighted by molar-refractivity contribution is 5.92. The topological polar surface area (TPSA) is 67.4 Å². The molecule has 1 aromatic heterocycles. The number of methoxy groups -OCH3 is 1. The van der Waals surface area contributed by atoms with Crippen molar-refractivity contribution in [3.05, 3.63) is 47.7 Å². The largest absolute Gasteiger partial charge is 0.496 e. The van der Waals surface area contributed by atoms with Gasteiger partial charge in [0.1, 0.15) is 11.6 Å². The summed E-state index contributed by atoms with van der Waals surface area (Å²) in [5, 5.41) is 11.5. The van der Waals surface area contributed by atoms with Crippen molar-refractivity contribution >= 4 is 11.7 Å². The molecule has 2 aromatic rings. The normalized spacial score (nSPS) is 17.0. The van der Waals surface area contributed by atoms with Gasteiger partial charge in [0.05, 0.1) is 7.11 Å². The Labute approximate surface area is 154 Å². The third kappa shape index (κ3) is 4.12. The van der Waals surface area contributed by atoms with Gasteiger partial charge in [-0.3, -0.25) is 4.79 Å². The van der Waals surface area contributed by atoms with Gasteiger partial charge in [0.25, 0.3) is 5.91 Å². The van der Waals surface area contributed by atoms with Gasteiger partial charge in [0.2, 0.25) is 0 Å². The number of likely N-dealkylation sites (tertiary alicyclic amines) is 1. The second kappa shape index (κ2) is 8.65. The van der Waals surface area contributed by atoms with E-state index in [1.54, 1.807) is 19.2 Å². The number of rotatable bonds is 6. The van der Waals surface area contributed by atoms with Crippen molar-refractivity contribution in [2.75, 3.05) is 19.0 Å². The van der Waals surface area contributed by atoms with Crippen molar-refractivity contribution in [2.24, 2.45) is 0 Å². The second-order valence-electron chi connectivity index (χ2n) is 6.53. The Balaban J connectivity index is 1.63. The van der Waals surface area contributed by atoms with Crippen LogP contribution in [0.15, 0.2) is 36.4 Å². The fraction of sp³-hybridized carbons (Fsp3) is 0.450. The summed E-state index contributed by atoms with van der Waals surface area (Å²) in [4.78, 5) is 14.7. The van der Waals surface area contributed by atoms with Crippen molar-refractivity contribution < 1.29 is 9.53 Å². The van der Waals surface area contributed by atoms with Crippen molar-refractivity contribution in [2.45, 2.75) is 45.2 Å². The SMILES string of the molecule is CCC1CCCCN1C(=O)c1ccc(NCc2ccccc2OC)nn1. The fourth-order valence-electron chi connectivity index (χ4n) is 3.41. The van der Waals surface area contributed by atoms with Gasteiger partial charge in [0, 0.05) is 24.7 Å². The molecule has 1 unspecified atom stereocenters. The molecule has 1 aliphatic heterocycles. The Morgan fingerprint density at radius 1 is 1.23 bits per heavy atom. The molecule has 3 rings (SSSR count). The van der Waals surface area contributed by atoms with E-state index in [4.69, 9.17) is 4.74 Å². The highest BCUT2D eigenvalue weighted by Gasteiger charge is 2.27. The van der Waals surface area contributed by atoms with E-state index in [0.29, 0.717) is 24.1 Å². The number of para-hydroxylation sites is 1. The van der Waals surface area contributed by atoms with Crippen LogP contribution in [0.1, 0.15) is 48.7 Å². The lowest BCUT2D eigenvalue weighted by Crippen LogP contribution is -2.43. The third-order valence-corrected chi connectivity index (χ3v) is 4.90. The van der Waals surface area contributed by atoms with E-state index in [0.717, 1.165) is 37.1 Å². The molecule has 0 saturated carbocycles. The minimum atomic E-state index is -0.0136. The number of amides is 1. The number of anilines is 1. The zero-order chi connectivity index (χ0) is 18.4. The quantitative estimate of drug-likeness (QED) is 0.860. The maximum Gasteiger partial charge on any atom is 0.274 e. The summed E-state index contributed by atoms with van der Waals surface area (Å²) in [6.45, 7) is 3.52. The average Bonchev–Trinajstić information content (AvgIpc) is 2.72. The number of hydrogen-bond donors (Lipinski definition) is 1. The summed E-state index contributed by atoms with van der Waals surface area (Å²) in [6, 6.07) is 11.7. The van der Waals surface area contributed by atoms with Gasteiger partial charge in [0.15, 0.2) is 5.69 Å². The van der Waals surface area contributed by atoms with Crippen molar-refractivity contribution in [1.29, 1.82) is 0 Å². The summed E-state index contributed by atoms with van der Waals surface area (Å²) in [5.41, 5.74) is 1.45.